The molecule has 0 heterocycles. The van der Waals surface area contributed by atoms with E-state index in [9.17, 15) is 4.79 Å². The minimum absolute atomic E-state index is 0.130. The van der Waals surface area contributed by atoms with E-state index in [2.05, 4.69) is 13.8 Å². The van der Waals surface area contributed by atoms with E-state index in [1.807, 2.05) is 0 Å². The van der Waals surface area contributed by atoms with Crippen LogP contribution in [0.1, 0.15) is 40.0 Å². The minimum atomic E-state index is 0.130. The van der Waals surface area contributed by atoms with Gasteiger partial charge in [-0.2, -0.15) is 0 Å². The highest BCUT2D eigenvalue weighted by molar-refractivity contribution is 5.76. The summed E-state index contributed by atoms with van der Waals surface area (Å²) >= 11 is 0. The van der Waals surface area contributed by atoms with Crippen LogP contribution in [0.5, 0.6) is 0 Å². The second-order valence-corrected chi connectivity index (χ2v) is 4.95. The Morgan fingerprint density at radius 3 is 2.15 bits per heavy atom. The highest BCUT2D eigenvalue weighted by atomic mass is 16.1. The number of ketones is 1. The summed E-state index contributed by atoms with van der Waals surface area (Å²) in [5.41, 5.74) is 5.92. The van der Waals surface area contributed by atoms with Crippen molar-refractivity contribution in [2.75, 3.05) is 6.54 Å². The zero-order chi connectivity index (χ0) is 10.1. The maximum atomic E-state index is 11.1. The fourth-order valence-corrected chi connectivity index (χ4v) is 2.76. The second-order valence-electron chi connectivity index (χ2n) is 4.95. The Hall–Kier alpha value is -0.370. The number of carbonyl (C=O) groups excluding carboxylic acids is 1. The zero-order valence-electron chi connectivity index (χ0n) is 8.97. The quantitative estimate of drug-likeness (QED) is 0.727. The first-order valence-corrected chi connectivity index (χ1v) is 5.18. The lowest BCUT2D eigenvalue weighted by Crippen LogP contribution is -2.30. The molecule has 1 rings (SSSR count). The fourth-order valence-electron chi connectivity index (χ4n) is 2.76. The molecule has 0 aromatic carbocycles. The van der Waals surface area contributed by atoms with Gasteiger partial charge in [0.15, 0.2) is 0 Å². The normalized spacial score (nSPS) is 32.0. The number of nitrogens with two attached hydrogens (primary N) is 1. The summed E-state index contributed by atoms with van der Waals surface area (Å²) in [7, 11) is 0. The summed E-state index contributed by atoms with van der Waals surface area (Å²) in [6.07, 6.45) is 2.94. The molecule has 2 atom stereocenters. The average molecular weight is 183 g/mol. The Bertz CT molecular complexity index is 190. The summed E-state index contributed by atoms with van der Waals surface area (Å²) in [6.45, 7) is 6.87. The Balaban J connectivity index is 2.67. The lowest BCUT2D eigenvalue weighted by Gasteiger charge is -2.26. The molecule has 1 aliphatic carbocycles. The van der Waals surface area contributed by atoms with Crippen molar-refractivity contribution in [1.82, 2.24) is 0 Å². The second kappa shape index (κ2) is 3.79. The van der Waals surface area contributed by atoms with Crippen LogP contribution in [0.2, 0.25) is 0 Å². The molecule has 0 radical (unpaired) electrons. The van der Waals surface area contributed by atoms with Crippen molar-refractivity contribution in [2.24, 2.45) is 23.0 Å². The van der Waals surface area contributed by atoms with Gasteiger partial charge in [0.05, 0.1) is 0 Å². The minimum Gasteiger partial charge on any atom is -0.330 e. The third-order valence-corrected chi connectivity index (χ3v) is 3.54. The molecule has 1 fully saturated rings. The molecule has 0 aromatic heterocycles. The molecule has 2 nitrogen and oxygen atoms in total. The smallest absolute Gasteiger partial charge is 0.130 e. The molecule has 0 spiro atoms. The monoisotopic (exact) mass is 183 g/mol. The van der Waals surface area contributed by atoms with Gasteiger partial charge < -0.3 is 10.5 Å². The predicted octanol–water partition coefficient (Wildman–Crippen LogP) is 1.98. The molecule has 1 saturated carbocycles. The van der Waals surface area contributed by atoms with Gasteiger partial charge in [-0.25, -0.2) is 0 Å². The molecule has 2 heteroatoms. The Kier molecular flexibility index (Phi) is 3.12. The van der Waals surface area contributed by atoms with Gasteiger partial charge in [0, 0.05) is 6.42 Å². The fraction of sp³-hybridized carbons (Fsp3) is 0.909. The maximum absolute atomic E-state index is 11.1. The van der Waals surface area contributed by atoms with E-state index in [4.69, 9.17) is 5.73 Å². The largest absolute Gasteiger partial charge is 0.330 e. The number of rotatable bonds is 3. The van der Waals surface area contributed by atoms with Crippen LogP contribution in [0, 0.1) is 17.3 Å². The van der Waals surface area contributed by atoms with Gasteiger partial charge in [-0.1, -0.05) is 13.8 Å². The van der Waals surface area contributed by atoms with Crippen LogP contribution in [0.3, 0.4) is 0 Å². The third kappa shape index (κ3) is 2.31. The number of carbonyl (C=O) groups is 1. The van der Waals surface area contributed by atoms with Gasteiger partial charge in [0.2, 0.25) is 0 Å². The SMILES string of the molecule is CC(=O)CC1(CN)C[C@H](C)[C@@H](C)C1. The molecule has 0 aliphatic heterocycles. The van der Waals surface area contributed by atoms with Gasteiger partial charge in [0.25, 0.3) is 0 Å². The van der Waals surface area contributed by atoms with Crippen molar-refractivity contribution in [3.63, 3.8) is 0 Å². The molecular weight excluding hydrogens is 162 g/mol. The zero-order valence-corrected chi connectivity index (χ0v) is 8.97. The van der Waals surface area contributed by atoms with Crippen molar-refractivity contribution < 1.29 is 4.79 Å². The van der Waals surface area contributed by atoms with Crippen molar-refractivity contribution in [1.29, 1.82) is 0 Å². The number of hydrogen-bond donors (Lipinski definition) is 1. The number of hydrogen-bond acceptors (Lipinski definition) is 2. The molecule has 0 saturated heterocycles. The summed E-state index contributed by atoms with van der Waals surface area (Å²) in [4.78, 5) is 11.1. The van der Waals surface area contributed by atoms with E-state index in [0.717, 1.165) is 24.7 Å². The van der Waals surface area contributed by atoms with Gasteiger partial charge in [-0.3, -0.25) is 0 Å². The Labute approximate surface area is 80.9 Å². The predicted molar refractivity (Wildman–Crippen MR) is 54.3 cm³/mol. The topological polar surface area (TPSA) is 43.1 Å². The van der Waals surface area contributed by atoms with E-state index in [1.165, 1.54) is 0 Å². The van der Waals surface area contributed by atoms with Crippen LogP contribution in [0.4, 0.5) is 0 Å². The standard InChI is InChI=1S/C11H21NO/c1-8-4-11(7-12,5-9(8)2)6-10(3)13/h8-9H,4-7,12H2,1-3H3/t8-,9-/m0/s1. The molecular formula is C11H21NO. The molecule has 1 aliphatic rings. The van der Waals surface area contributed by atoms with Gasteiger partial charge in [0.1, 0.15) is 5.78 Å². The van der Waals surface area contributed by atoms with Crippen molar-refractivity contribution in [2.45, 2.75) is 40.0 Å². The van der Waals surface area contributed by atoms with Crippen LogP contribution in [0.15, 0.2) is 0 Å². The lowest BCUT2D eigenvalue weighted by atomic mass is 9.80. The molecule has 0 bridgehead atoms. The molecule has 76 valence electrons. The maximum Gasteiger partial charge on any atom is 0.130 e. The highest BCUT2D eigenvalue weighted by Gasteiger charge is 2.40. The summed E-state index contributed by atoms with van der Waals surface area (Å²) in [5.74, 6) is 1.73. The van der Waals surface area contributed by atoms with E-state index in [0.29, 0.717) is 13.0 Å². The van der Waals surface area contributed by atoms with E-state index in [1.54, 1.807) is 6.92 Å². The van der Waals surface area contributed by atoms with Gasteiger partial charge in [-0.15, -0.1) is 0 Å². The molecule has 0 amide bonds. The van der Waals surface area contributed by atoms with Crippen LogP contribution in [-0.2, 0) is 4.79 Å². The first kappa shape index (κ1) is 10.7. The van der Waals surface area contributed by atoms with Crippen LogP contribution < -0.4 is 5.73 Å². The molecule has 0 unspecified atom stereocenters. The number of Topliss-reactive ketones (excluding diaryl/α,β-unsaturated/α-hetero) is 1. The van der Waals surface area contributed by atoms with Crippen LogP contribution >= 0.6 is 0 Å². The first-order valence-electron chi connectivity index (χ1n) is 5.18. The van der Waals surface area contributed by atoms with E-state index >= 15 is 0 Å². The highest BCUT2D eigenvalue weighted by Crippen LogP contribution is 2.46. The summed E-state index contributed by atoms with van der Waals surface area (Å²) in [5, 5.41) is 0. The average Bonchev–Trinajstić information content (AvgIpc) is 2.27. The van der Waals surface area contributed by atoms with Gasteiger partial charge in [-0.05, 0) is 43.6 Å². The van der Waals surface area contributed by atoms with Gasteiger partial charge >= 0.3 is 0 Å². The Morgan fingerprint density at radius 2 is 1.85 bits per heavy atom. The van der Waals surface area contributed by atoms with Crippen molar-refractivity contribution in [3.8, 4) is 0 Å². The van der Waals surface area contributed by atoms with Crippen LogP contribution in [-0.4, -0.2) is 12.3 Å². The molecule has 0 aromatic rings. The molecule has 2 N–H and O–H groups in total. The van der Waals surface area contributed by atoms with E-state index in [-0.39, 0.29) is 11.2 Å². The summed E-state index contributed by atoms with van der Waals surface area (Å²) < 4.78 is 0. The summed E-state index contributed by atoms with van der Waals surface area (Å²) in [6, 6.07) is 0. The third-order valence-electron chi connectivity index (χ3n) is 3.54. The van der Waals surface area contributed by atoms with Crippen LogP contribution in [0.25, 0.3) is 0 Å². The van der Waals surface area contributed by atoms with E-state index < -0.39 is 0 Å². The Morgan fingerprint density at radius 1 is 1.38 bits per heavy atom. The first-order chi connectivity index (χ1) is 5.99. The van der Waals surface area contributed by atoms with Crippen molar-refractivity contribution >= 4 is 5.78 Å². The van der Waals surface area contributed by atoms with Crippen molar-refractivity contribution in [3.05, 3.63) is 0 Å². The lowest BCUT2D eigenvalue weighted by molar-refractivity contribution is -0.119. The molecule has 13 heavy (non-hydrogen) atoms.